The average Bonchev–Trinajstić information content (AvgIpc) is 2.62. The molecule has 142 valence electrons. The predicted octanol–water partition coefficient (Wildman–Crippen LogP) is 2.58. The Morgan fingerprint density at radius 1 is 1.26 bits per heavy atom. The number of pyridine rings is 1. The third-order valence-corrected chi connectivity index (χ3v) is 5.19. The van der Waals surface area contributed by atoms with Crippen molar-refractivity contribution in [2.75, 3.05) is 20.6 Å². The van der Waals surface area contributed by atoms with E-state index >= 15 is 0 Å². The summed E-state index contributed by atoms with van der Waals surface area (Å²) < 4.78 is 0. The fourth-order valence-electron chi connectivity index (χ4n) is 3.34. The number of H-pyrrole nitrogens is 1. The number of amides is 1. The SMILES string of the molecule is CN(C)[C@@H](CNC(=O)c1cc2c([nH]c1=O)CCCC2=O)c1ccccc1Cl. The van der Waals surface area contributed by atoms with Gasteiger partial charge in [-0.3, -0.25) is 14.4 Å². The molecule has 1 aromatic heterocycles. The number of rotatable bonds is 5. The largest absolute Gasteiger partial charge is 0.350 e. The van der Waals surface area contributed by atoms with Crippen molar-refractivity contribution in [3.05, 3.63) is 68.1 Å². The summed E-state index contributed by atoms with van der Waals surface area (Å²) in [5.74, 6) is -0.542. The number of halogens is 1. The van der Waals surface area contributed by atoms with Gasteiger partial charge in [-0.05, 0) is 44.6 Å². The van der Waals surface area contributed by atoms with Crippen molar-refractivity contribution in [2.24, 2.45) is 0 Å². The molecule has 2 aromatic rings. The number of fused-ring (bicyclic) bond motifs is 1. The zero-order valence-electron chi connectivity index (χ0n) is 15.3. The number of nitrogens with one attached hydrogen (secondary N) is 2. The predicted molar refractivity (Wildman–Crippen MR) is 105 cm³/mol. The molecule has 0 spiro atoms. The number of aromatic nitrogens is 1. The minimum absolute atomic E-state index is 0.0382. The molecule has 1 aliphatic carbocycles. The molecule has 0 fully saturated rings. The molecule has 2 N–H and O–H groups in total. The molecule has 1 aliphatic rings. The van der Waals surface area contributed by atoms with Crippen LogP contribution in [-0.4, -0.2) is 42.2 Å². The molecule has 1 aromatic carbocycles. The van der Waals surface area contributed by atoms with Crippen LogP contribution in [0.25, 0.3) is 0 Å². The monoisotopic (exact) mass is 387 g/mol. The van der Waals surface area contributed by atoms with Crippen LogP contribution in [0.4, 0.5) is 0 Å². The molecule has 1 atom stereocenters. The second-order valence-corrected chi connectivity index (χ2v) is 7.30. The molecule has 6 nitrogen and oxygen atoms in total. The van der Waals surface area contributed by atoms with Gasteiger partial charge in [0.2, 0.25) is 0 Å². The third kappa shape index (κ3) is 4.12. The highest BCUT2D eigenvalue weighted by Crippen LogP contribution is 2.25. The van der Waals surface area contributed by atoms with Crippen molar-refractivity contribution in [1.29, 1.82) is 0 Å². The van der Waals surface area contributed by atoms with Crippen LogP contribution >= 0.6 is 11.6 Å². The maximum Gasteiger partial charge on any atom is 0.261 e. The standard InChI is InChI=1S/C20H22ClN3O3/c1-24(2)17(12-6-3-4-7-15(12)21)11-22-19(26)14-10-13-16(23-20(14)27)8-5-9-18(13)25/h3-4,6-7,10,17H,5,8-9,11H2,1-2H3,(H,22,26)(H,23,27)/t17-/m0/s1. The topological polar surface area (TPSA) is 82.3 Å². The quantitative estimate of drug-likeness (QED) is 0.826. The summed E-state index contributed by atoms with van der Waals surface area (Å²) in [5, 5.41) is 3.41. The highest BCUT2D eigenvalue weighted by atomic mass is 35.5. The Kier molecular flexibility index (Phi) is 5.77. The number of ketones is 1. The van der Waals surface area contributed by atoms with Gasteiger partial charge < -0.3 is 15.2 Å². The van der Waals surface area contributed by atoms with Crippen LogP contribution in [0.3, 0.4) is 0 Å². The van der Waals surface area contributed by atoms with E-state index < -0.39 is 11.5 Å². The van der Waals surface area contributed by atoms with E-state index in [-0.39, 0.29) is 23.9 Å². The number of aryl methyl sites for hydroxylation is 1. The molecule has 0 bridgehead atoms. The molecule has 1 amide bonds. The molecule has 0 radical (unpaired) electrons. The fraction of sp³-hybridized carbons (Fsp3) is 0.350. The van der Waals surface area contributed by atoms with Gasteiger partial charge in [0.15, 0.2) is 5.78 Å². The number of carbonyl (C=O) groups excluding carboxylic acids is 2. The normalized spacial score (nSPS) is 14.7. The number of carbonyl (C=O) groups is 2. The number of nitrogens with zero attached hydrogens (tertiary/aromatic N) is 1. The fourth-order valence-corrected chi connectivity index (χ4v) is 3.61. The van der Waals surface area contributed by atoms with E-state index in [9.17, 15) is 14.4 Å². The van der Waals surface area contributed by atoms with E-state index in [1.165, 1.54) is 6.07 Å². The smallest absolute Gasteiger partial charge is 0.261 e. The minimum Gasteiger partial charge on any atom is -0.350 e. The second-order valence-electron chi connectivity index (χ2n) is 6.89. The first-order chi connectivity index (χ1) is 12.9. The van der Waals surface area contributed by atoms with Crippen molar-refractivity contribution in [3.8, 4) is 0 Å². The Bertz CT molecular complexity index is 936. The summed E-state index contributed by atoms with van der Waals surface area (Å²) >= 11 is 6.28. The highest BCUT2D eigenvalue weighted by Gasteiger charge is 2.23. The van der Waals surface area contributed by atoms with Crippen molar-refractivity contribution in [1.82, 2.24) is 15.2 Å². The molecule has 0 unspecified atom stereocenters. The van der Waals surface area contributed by atoms with E-state index in [1.807, 2.05) is 37.2 Å². The summed E-state index contributed by atoms with van der Waals surface area (Å²) in [6.45, 7) is 0.278. The minimum atomic E-state index is -0.503. The Balaban J connectivity index is 1.81. The van der Waals surface area contributed by atoms with Crippen LogP contribution in [0.2, 0.25) is 5.02 Å². The van der Waals surface area contributed by atoms with Gasteiger partial charge in [0.05, 0.1) is 6.04 Å². The lowest BCUT2D eigenvalue weighted by molar-refractivity contribution is 0.0940. The van der Waals surface area contributed by atoms with E-state index in [2.05, 4.69) is 10.3 Å². The first-order valence-corrected chi connectivity index (χ1v) is 9.24. The number of likely N-dealkylation sites (N-methyl/N-ethyl adjacent to an activating group) is 1. The van der Waals surface area contributed by atoms with E-state index in [0.29, 0.717) is 29.1 Å². The van der Waals surface area contributed by atoms with Crippen LogP contribution in [0.15, 0.2) is 35.1 Å². The Labute approximate surface area is 162 Å². The van der Waals surface area contributed by atoms with E-state index in [1.54, 1.807) is 6.07 Å². The number of benzene rings is 1. The highest BCUT2D eigenvalue weighted by molar-refractivity contribution is 6.31. The number of aromatic amines is 1. The molecule has 0 aliphatic heterocycles. The summed E-state index contributed by atoms with van der Waals surface area (Å²) in [5.41, 5.74) is 1.44. The summed E-state index contributed by atoms with van der Waals surface area (Å²) in [4.78, 5) is 41.6. The second kappa shape index (κ2) is 8.06. The van der Waals surface area contributed by atoms with E-state index in [0.717, 1.165) is 12.0 Å². The molecular formula is C20H22ClN3O3. The first kappa shape index (κ1) is 19.3. The molecule has 1 heterocycles. The molecule has 3 rings (SSSR count). The lowest BCUT2D eigenvalue weighted by Gasteiger charge is -2.26. The number of Topliss-reactive ketones (excluding diaryl/α,β-unsaturated/α-hetero) is 1. The van der Waals surface area contributed by atoms with Gasteiger partial charge in [-0.15, -0.1) is 0 Å². The first-order valence-electron chi connectivity index (χ1n) is 8.87. The van der Waals surface area contributed by atoms with Crippen molar-refractivity contribution in [2.45, 2.75) is 25.3 Å². The zero-order chi connectivity index (χ0) is 19.6. The van der Waals surface area contributed by atoms with Crippen LogP contribution in [0.1, 0.15) is 50.9 Å². The Morgan fingerprint density at radius 3 is 2.70 bits per heavy atom. The zero-order valence-corrected chi connectivity index (χ0v) is 16.1. The average molecular weight is 388 g/mol. The van der Waals surface area contributed by atoms with Gasteiger partial charge in [-0.25, -0.2) is 0 Å². The maximum absolute atomic E-state index is 12.6. The van der Waals surface area contributed by atoms with Crippen molar-refractivity contribution < 1.29 is 9.59 Å². The molecule has 27 heavy (non-hydrogen) atoms. The van der Waals surface area contributed by atoms with Gasteiger partial charge in [-0.2, -0.15) is 0 Å². The summed E-state index contributed by atoms with van der Waals surface area (Å²) in [6.07, 6.45) is 1.80. The Morgan fingerprint density at radius 2 is 2.00 bits per heavy atom. The number of hydrogen-bond acceptors (Lipinski definition) is 4. The molecule has 0 saturated carbocycles. The lowest BCUT2D eigenvalue weighted by Crippen LogP contribution is -2.37. The van der Waals surface area contributed by atoms with Gasteiger partial charge in [-0.1, -0.05) is 29.8 Å². The van der Waals surface area contributed by atoms with Gasteiger partial charge in [0.1, 0.15) is 5.56 Å². The molecular weight excluding hydrogens is 366 g/mol. The van der Waals surface area contributed by atoms with Crippen LogP contribution in [0, 0.1) is 0 Å². The summed E-state index contributed by atoms with van der Waals surface area (Å²) in [6, 6.07) is 8.71. The van der Waals surface area contributed by atoms with Gasteiger partial charge in [0.25, 0.3) is 11.5 Å². The number of hydrogen-bond donors (Lipinski definition) is 2. The summed E-state index contributed by atoms with van der Waals surface area (Å²) in [7, 11) is 3.79. The lowest BCUT2D eigenvalue weighted by atomic mass is 9.93. The van der Waals surface area contributed by atoms with Crippen LogP contribution in [-0.2, 0) is 6.42 Å². The third-order valence-electron chi connectivity index (χ3n) is 4.84. The molecule has 0 saturated heterocycles. The van der Waals surface area contributed by atoms with Crippen LogP contribution < -0.4 is 10.9 Å². The van der Waals surface area contributed by atoms with Crippen LogP contribution in [0.5, 0.6) is 0 Å². The van der Waals surface area contributed by atoms with Gasteiger partial charge >= 0.3 is 0 Å². The Hall–Kier alpha value is -2.44. The molecule has 7 heteroatoms. The van der Waals surface area contributed by atoms with Crippen molar-refractivity contribution in [3.63, 3.8) is 0 Å². The maximum atomic E-state index is 12.6. The van der Waals surface area contributed by atoms with Gasteiger partial charge in [0, 0.05) is 29.2 Å². The van der Waals surface area contributed by atoms with E-state index in [4.69, 9.17) is 11.6 Å². The van der Waals surface area contributed by atoms with Crippen molar-refractivity contribution >= 4 is 23.3 Å².